The fraction of sp³-hybridized carbons (Fsp3) is 1.00. The molecule has 0 aromatic carbocycles. The Hall–Kier alpha value is 0.430. The highest BCUT2D eigenvalue weighted by molar-refractivity contribution is 7.19. The Labute approximate surface area is 93.4 Å². The fourth-order valence-corrected chi connectivity index (χ4v) is 2.31. The van der Waals surface area contributed by atoms with Crippen molar-refractivity contribution in [2.75, 3.05) is 0 Å². The van der Waals surface area contributed by atoms with Gasteiger partial charge in [0.1, 0.15) is 0 Å². The van der Waals surface area contributed by atoms with E-state index in [0.717, 1.165) is 11.8 Å². The van der Waals surface area contributed by atoms with Crippen LogP contribution in [-0.2, 0) is 0 Å². The lowest BCUT2D eigenvalue weighted by molar-refractivity contribution is 0.304. The van der Waals surface area contributed by atoms with Gasteiger partial charge in [0.15, 0.2) is 0 Å². The summed E-state index contributed by atoms with van der Waals surface area (Å²) < 4.78 is 0. The SMILES string of the molecule is CCCCCCC(P)(C(C)C)C(C)C. The van der Waals surface area contributed by atoms with Gasteiger partial charge < -0.3 is 0 Å². The smallest absolute Gasteiger partial charge is 0.0104 e. The zero-order valence-electron chi connectivity index (χ0n) is 10.8. The van der Waals surface area contributed by atoms with Gasteiger partial charge in [0, 0.05) is 0 Å². The largest absolute Gasteiger partial charge is 0.131 e. The third-order valence-corrected chi connectivity index (χ3v) is 5.24. The predicted octanol–water partition coefficient (Wildman–Crippen LogP) is 4.88. The monoisotopic (exact) mass is 216 g/mol. The number of hydrogen-bond donors (Lipinski definition) is 0. The molecule has 0 radical (unpaired) electrons. The first-order chi connectivity index (χ1) is 6.45. The molecule has 0 N–H and O–H groups in total. The summed E-state index contributed by atoms with van der Waals surface area (Å²) in [7, 11) is 3.13. The van der Waals surface area contributed by atoms with E-state index in [-0.39, 0.29) is 0 Å². The molecule has 0 saturated heterocycles. The summed E-state index contributed by atoms with van der Waals surface area (Å²) in [6.45, 7) is 11.7. The van der Waals surface area contributed by atoms with Gasteiger partial charge in [0.05, 0.1) is 0 Å². The normalized spacial score (nSPS) is 12.9. The minimum atomic E-state index is 0.466. The van der Waals surface area contributed by atoms with Crippen molar-refractivity contribution in [3.05, 3.63) is 0 Å². The molecule has 0 heterocycles. The molecule has 0 saturated carbocycles. The van der Waals surface area contributed by atoms with Gasteiger partial charge >= 0.3 is 0 Å². The Morgan fingerprint density at radius 3 is 1.79 bits per heavy atom. The van der Waals surface area contributed by atoms with Crippen LogP contribution in [0.25, 0.3) is 0 Å². The molecule has 0 aromatic heterocycles. The summed E-state index contributed by atoms with van der Waals surface area (Å²) >= 11 is 0. The zero-order valence-corrected chi connectivity index (χ0v) is 11.9. The van der Waals surface area contributed by atoms with Crippen LogP contribution in [0.3, 0.4) is 0 Å². The molecule has 1 atom stereocenters. The minimum absolute atomic E-state index is 0.466. The Kier molecular flexibility index (Phi) is 7.04. The lowest BCUT2D eigenvalue weighted by Crippen LogP contribution is -2.33. The van der Waals surface area contributed by atoms with Crippen LogP contribution in [-0.4, -0.2) is 5.16 Å². The Morgan fingerprint density at radius 2 is 1.43 bits per heavy atom. The second-order valence-corrected chi connectivity index (χ2v) is 6.31. The lowest BCUT2D eigenvalue weighted by Gasteiger charge is -2.38. The standard InChI is InChI=1S/C13H29P/c1-6-7-8-9-10-13(14,11(2)3)12(4)5/h11-12H,6-10,14H2,1-5H3. The van der Waals surface area contributed by atoms with Gasteiger partial charge in [-0.25, -0.2) is 0 Å². The van der Waals surface area contributed by atoms with Gasteiger partial charge in [-0.2, -0.15) is 0 Å². The molecule has 0 aromatic rings. The van der Waals surface area contributed by atoms with Gasteiger partial charge in [-0.1, -0.05) is 60.3 Å². The molecule has 0 nitrogen and oxygen atoms in total. The van der Waals surface area contributed by atoms with Gasteiger partial charge in [-0.15, -0.1) is 9.24 Å². The highest BCUT2D eigenvalue weighted by Crippen LogP contribution is 2.40. The summed E-state index contributed by atoms with van der Waals surface area (Å²) in [6.07, 6.45) is 6.91. The van der Waals surface area contributed by atoms with Crippen molar-refractivity contribution in [2.24, 2.45) is 11.8 Å². The van der Waals surface area contributed by atoms with Gasteiger partial charge in [0.25, 0.3) is 0 Å². The summed E-state index contributed by atoms with van der Waals surface area (Å²) in [5, 5.41) is 0.466. The van der Waals surface area contributed by atoms with Gasteiger partial charge in [0.2, 0.25) is 0 Å². The average molecular weight is 216 g/mol. The van der Waals surface area contributed by atoms with Crippen molar-refractivity contribution >= 4 is 9.24 Å². The van der Waals surface area contributed by atoms with E-state index in [1.165, 1.54) is 32.1 Å². The maximum atomic E-state index is 3.13. The molecule has 86 valence electrons. The molecule has 0 bridgehead atoms. The Balaban J connectivity index is 3.98. The van der Waals surface area contributed by atoms with E-state index < -0.39 is 0 Å². The van der Waals surface area contributed by atoms with Gasteiger partial charge in [-0.3, -0.25) is 0 Å². The number of unbranched alkanes of at least 4 members (excludes halogenated alkanes) is 3. The topological polar surface area (TPSA) is 0 Å². The fourth-order valence-electron chi connectivity index (χ4n) is 2.10. The summed E-state index contributed by atoms with van der Waals surface area (Å²) in [5.74, 6) is 1.54. The minimum Gasteiger partial charge on any atom is -0.131 e. The quantitative estimate of drug-likeness (QED) is 0.420. The Morgan fingerprint density at radius 1 is 0.929 bits per heavy atom. The molecule has 0 rings (SSSR count). The molecular weight excluding hydrogens is 187 g/mol. The molecule has 0 aliphatic rings. The van der Waals surface area contributed by atoms with Crippen LogP contribution in [0.4, 0.5) is 0 Å². The average Bonchev–Trinajstić information content (AvgIpc) is 2.11. The van der Waals surface area contributed by atoms with E-state index in [9.17, 15) is 0 Å². The molecule has 0 amide bonds. The van der Waals surface area contributed by atoms with E-state index in [0.29, 0.717) is 5.16 Å². The first-order valence-corrected chi connectivity index (χ1v) is 6.81. The van der Waals surface area contributed by atoms with Crippen LogP contribution in [0.2, 0.25) is 0 Å². The molecule has 0 aliphatic heterocycles. The van der Waals surface area contributed by atoms with Crippen molar-refractivity contribution in [1.82, 2.24) is 0 Å². The molecular formula is C13H29P. The number of rotatable bonds is 7. The van der Waals surface area contributed by atoms with E-state index in [2.05, 4.69) is 43.9 Å². The van der Waals surface area contributed by atoms with Crippen molar-refractivity contribution in [2.45, 2.75) is 71.9 Å². The second-order valence-electron chi connectivity index (χ2n) is 5.23. The molecule has 1 heteroatoms. The summed E-state index contributed by atoms with van der Waals surface area (Å²) in [6, 6.07) is 0. The number of hydrogen-bond acceptors (Lipinski definition) is 0. The molecule has 0 spiro atoms. The highest BCUT2D eigenvalue weighted by atomic mass is 31.0. The van der Waals surface area contributed by atoms with Crippen molar-refractivity contribution in [3.63, 3.8) is 0 Å². The second kappa shape index (κ2) is 6.83. The third kappa shape index (κ3) is 4.30. The van der Waals surface area contributed by atoms with Gasteiger partial charge in [-0.05, 0) is 23.4 Å². The van der Waals surface area contributed by atoms with E-state index in [4.69, 9.17) is 0 Å². The lowest BCUT2D eigenvalue weighted by atomic mass is 9.80. The maximum absolute atomic E-state index is 3.13. The first-order valence-electron chi connectivity index (χ1n) is 6.24. The van der Waals surface area contributed by atoms with Crippen LogP contribution >= 0.6 is 9.24 Å². The summed E-state index contributed by atoms with van der Waals surface area (Å²) in [5.41, 5.74) is 0. The highest BCUT2D eigenvalue weighted by Gasteiger charge is 2.31. The van der Waals surface area contributed by atoms with Crippen molar-refractivity contribution in [1.29, 1.82) is 0 Å². The molecule has 0 fully saturated rings. The van der Waals surface area contributed by atoms with E-state index in [1.54, 1.807) is 0 Å². The van der Waals surface area contributed by atoms with Crippen molar-refractivity contribution < 1.29 is 0 Å². The molecule has 14 heavy (non-hydrogen) atoms. The predicted molar refractivity (Wildman–Crippen MR) is 70.9 cm³/mol. The van der Waals surface area contributed by atoms with E-state index in [1.807, 2.05) is 0 Å². The first kappa shape index (κ1) is 14.4. The molecule has 1 unspecified atom stereocenters. The van der Waals surface area contributed by atoms with Crippen molar-refractivity contribution in [3.8, 4) is 0 Å². The van der Waals surface area contributed by atoms with Crippen LogP contribution in [0.1, 0.15) is 66.7 Å². The van der Waals surface area contributed by atoms with Crippen LogP contribution in [0.15, 0.2) is 0 Å². The molecule has 0 aliphatic carbocycles. The Bertz CT molecular complexity index is 130. The third-order valence-electron chi connectivity index (χ3n) is 3.61. The zero-order chi connectivity index (χ0) is 11.2. The van der Waals surface area contributed by atoms with Crippen LogP contribution in [0.5, 0.6) is 0 Å². The van der Waals surface area contributed by atoms with Crippen LogP contribution in [0, 0.1) is 11.8 Å². The summed E-state index contributed by atoms with van der Waals surface area (Å²) in [4.78, 5) is 0. The van der Waals surface area contributed by atoms with Crippen LogP contribution < -0.4 is 0 Å². The van der Waals surface area contributed by atoms with E-state index >= 15 is 0 Å². The maximum Gasteiger partial charge on any atom is -0.0104 e.